The number of anilines is 1. The van der Waals surface area contributed by atoms with Gasteiger partial charge in [-0.3, -0.25) is 4.79 Å². The van der Waals surface area contributed by atoms with Crippen LogP contribution >= 0.6 is 0 Å². The second-order valence-electron chi connectivity index (χ2n) is 7.87. The van der Waals surface area contributed by atoms with E-state index in [9.17, 15) is 31.1 Å². The Morgan fingerprint density at radius 3 is 2.09 bits per heavy atom. The minimum absolute atomic E-state index is 0.00825. The number of amides is 1. The van der Waals surface area contributed by atoms with Gasteiger partial charge in [-0.25, -0.2) is 0 Å². The van der Waals surface area contributed by atoms with Gasteiger partial charge in [-0.05, 0) is 37.3 Å². The highest BCUT2D eigenvalue weighted by Gasteiger charge is 2.34. The minimum Gasteiger partial charge on any atom is -0.368 e. The number of nitrogens with zero attached hydrogens (tertiary/aromatic N) is 3. The molecule has 1 fully saturated rings. The van der Waals surface area contributed by atoms with Gasteiger partial charge in [0.25, 0.3) is 5.91 Å². The lowest BCUT2D eigenvalue weighted by molar-refractivity contribution is -0.138. The summed E-state index contributed by atoms with van der Waals surface area (Å²) in [5, 5.41) is 3.81. The zero-order valence-electron chi connectivity index (χ0n) is 17.9. The average Bonchev–Trinajstić information content (AvgIpc) is 3.19. The number of rotatable bonds is 3. The van der Waals surface area contributed by atoms with E-state index in [1.165, 1.54) is 30.0 Å². The molecule has 3 aromatic rings. The Labute approximate surface area is 190 Å². The topological polar surface area (TPSA) is 49.6 Å². The van der Waals surface area contributed by atoms with Crippen LogP contribution in [0.1, 0.15) is 27.2 Å². The fourth-order valence-corrected chi connectivity index (χ4v) is 3.87. The molecule has 180 valence electrons. The first kappa shape index (κ1) is 23.7. The van der Waals surface area contributed by atoms with E-state index in [2.05, 4.69) is 5.16 Å². The molecule has 0 saturated carbocycles. The first-order valence-corrected chi connectivity index (χ1v) is 10.3. The van der Waals surface area contributed by atoms with Gasteiger partial charge in [0.05, 0.1) is 11.1 Å². The molecule has 1 aromatic heterocycles. The normalized spacial score (nSPS) is 15.0. The maximum atomic E-state index is 13.2. The molecule has 11 heteroatoms. The number of carbonyl (C=O) groups is 1. The van der Waals surface area contributed by atoms with E-state index in [0.717, 1.165) is 24.3 Å². The molecule has 1 aliphatic heterocycles. The van der Waals surface area contributed by atoms with Crippen molar-refractivity contribution in [3.05, 3.63) is 71.0 Å². The lowest BCUT2D eigenvalue weighted by atomic mass is 10.0. The van der Waals surface area contributed by atoms with Crippen LogP contribution in [0.3, 0.4) is 0 Å². The molecule has 4 rings (SSSR count). The van der Waals surface area contributed by atoms with Crippen LogP contribution in [0.4, 0.5) is 32.0 Å². The third-order valence-corrected chi connectivity index (χ3v) is 5.65. The summed E-state index contributed by atoms with van der Waals surface area (Å²) in [4.78, 5) is 16.5. The van der Waals surface area contributed by atoms with Crippen LogP contribution in [0.25, 0.3) is 11.3 Å². The van der Waals surface area contributed by atoms with Crippen LogP contribution < -0.4 is 4.90 Å². The third-order valence-electron chi connectivity index (χ3n) is 5.65. The summed E-state index contributed by atoms with van der Waals surface area (Å²) < 4.78 is 83.5. The van der Waals surface area contributed by atoms with Crippen LogP contribution in [0.2, 0.25) is 0 Å². The summed E-state index contributed by atoms with van der Waals surface area (Å²) in [6.45, 7) is 2.49. The summed E-state index contributed by atoms with van der Waals surface area (Å²) in [5.41, 5.74) is -1.07. The number of carbonyl (C=O) groups excluding carboxylic acids is 1. The van der Waals surface area contributed by atoms with E-state index >= 15 is 0 Å². The Morgan fingerprint density at radius 2 is 1.47 bits per heavy atom. The molecule has 0 unspecified atom stereocenters. The standard InChI is InChI=1S/C23H19F6N3O2/c1-14-19(20(30-34-14)15-4-2-5-16(12-15)22(24,25)26)21(33)32-10-8-31(9-11-32)18-7-3-6-17(13-18)23(27,28)29/h2-7,12-13H,8-11H2,1H3. The molecule has 0 atom stereocenters. The summed E-state index contributed by atoms with van der Waals surface area (Å²) in [7, 11) is 0. The number of piperazine rings is 1. The predicted octanol–water partition coefficient (Wildman–Crippen LogP) is 5.65. The summed E-state index contributed by atoms with van der Waals surface area (Å²) in [6, 6.07) is 9.42. The molecule has 1 amide bonds. The monoisotopic (exact) mass is 483 g/mol. The van der Waals surface area contributed by atoms with Crippen molar-refractivity contribution in [3.8, 4) is 11.3 Å². The Kier molecular flexibility index (Phi) is 6.05. The number of hydrogen-bond donors (Lipinski definition) is 0. The quantitative estimate of drug-likeness (QED) is 0.452. The molecule has 5 nitrogen and oxygen atoms in total. The molecule has 0 N–H and O–H groups in total. The van der Waals surface area contributed by atoms with Gasteiger partial charge in [-0.2, -0.15) is 26.3 Å². The van der Waals surface area contributed by atoms with E-state index in [1.54, 1.807) is 11.0 Å². The Hall–Kier alpha value is -3.50. The summed E-state index contributed by atoms with van der Waals surface area (Å²) in [6.07, 6.45) is -9.02. The van der Waals surface area contributed by atoms with Gasteiger partial charge >= 0.3 is 12.4 Å². The maximum Gasteiger partial charge on any atom is 0.416 e. The summed E-state index contributed by atoms with van der Waals surface area (Å²) in [5.74, 6) is -0.299. The maximum absolute atomic E-state index is 13.2. The van der Waals surface area contributed by atoms with E-state index in [0.29, 0.717) is 5.69 Å². The molecule has 0 aliphatic carbocycles. The van der Waals surface area contributed by atoms with E-state index in [-0.39, 0.29) is 48.8 Å². The predicted molar refractivity (Wildman–Crippen MR) is 111 cm³/mol. The van der Waals surface area contributed by atoms with Gasteiger partial charge in [0.1, 0.15) is 17.0 Å². The van der Waals surface area contributed by atoms with Crippen LogP contribution in [0, 0.1) is 6.92 Å². The molecular weight excluding hydrogens is 464 g/mol. The van der Waals surface area contributed by atoms with Crippen LogP contribution in [0.15, 0.2) is 53.1 Å². The number of aromatic nitrogens is 1. The lowest BCUT2D eigenvalue weighted by Gasteiger charge is -2.36. The fraction of sp³-hybridized carbons (Fsp3) is 0.304. The van der Waals surface area contributed by atoms with Crippen molar-refractivity contribution in [3.63, 3.8) is 0 Å². The van der Waals surface area contributed by atoms with Crippen LogP contribution in [0.5, 0.6) is 0 Å². The molecule has 1 saturated heterocycles. The zero-order chi connectivity index (χ0) is 24.7. The highest BCUT2D eigenvalue weighted by molar-refractivity contribution is 6.01. The number of benzene rings is 2. The number of halogens is 6. The average molecular weight is 483 g/mol. The number of alkyl halides is 6. The van der Waals surface area contributed by atoms with E-state index in [1.807, 2.05) is 0 Å². The molecule has 2 aromatic carbocycles. The van der Waals surface area contributed by atoms with Crippen molar-refractivity contribution in [2.45, 2.75) is 19.3 Å². The van der Waals surface area contributed by atoms with E-state index in [4.69, 9.17) is 4.52 Å². The van der Waals surface area contributed by atoms with Crippen molar-refractivity contribution < 1.29 is 35.7 Å². The third kappa shape index (κ3) is 4.73. The molecule has 0 radical (unpaired) electrons. The van der Waals surface area contributed by atoms with Gasteiger partial charge in [-0.15, -0.1) is 0 Å². The van der Waals surface area contributed by atoms with Crippen molar-refractivity contribution in [1.82, 2.24) is 10.1 Å². The first-order valence-electron chi connectivity index (χ1n) is 10.3. The number of hydrogen-bond acceptors (Lipinski definition) is 4. The van der Waals surface area contributed by atoms with Gasteiger partial charge in [0, 0.05) is 37.4 Å². The van der Waals surface area contributed by atoms with Crippen molar-refractivity contribution in [2.24, 2.45) is 0 Å². The van der Waals surface area contributed by atoms with Crippen LogP contribution in [-0.4, -0.2) is 42.1 Å². The smallest absolute Gasteiger partial charge is 0.368 e. The number of aryl methyl sites for hydroxylation is 1. The molecule has 34 heavy (non-hydrogen) atoms. The van der Waals surface area contributed by atoms with Crippen molar-refractivity contribution >= 4 is 11.6 Å². The molecule has 0 spiro atoms. The molecular formula is C23H19F6N3O2. The highest BCUT2D eigenvalue weighted by atomic mass is 19.4. The lowest BCUT2D eigenvalue weighted by Crippen LogP contribution is -2.49. The molecule has 2 heterocycles. The van der Waals surface area contributed by atoms with Crippen molar-refractivity contribution in [1.29, 1.82) is 0 Å². The Balaban J connectivity index is 1.53. The zero-order valence-corrected chi connectivity index (χ0v) is 17.9. The fourth-order valence-electron chi connectivity index (χ4n) is 3.87. The van der Waals surface area contributed by atoms with Gasteiger partial charge in [0.2, 0.25) is 0 Å². The first-order chi connectivity index (χ1) is 15.9. The second-order valence-corrected chi connectivity index (χ2v) is 7.87. The molecule has 0 bridgehead atoms. The van der Waals surface area contributed by atoms with Crippen molar-refractivity contribution in [2.75, 3.05) is 31.1 Å². The SMILES string of the molecule is Cc1onc(-c2cccc(C(F)(F)F)c2)c1C(=O)N1CCN(c2cccc(C(F)(F)F)c2)CC1. The second kappa shape index (κ2) is 8.69. The Morgan fingerprint density at radius 1 is 0.882 bits per heavy atom. The Bertz CT molecular complexity index is 1190. The van der Waals surface area contributed by atoms with Gasteiger partial charge in [-0.1, -0.05) is 23.4 Å². The summed E-state index contributed by atoms with van der Waals surface area (Å²) >= 11 is 0. The minimum atomic E-state index is -4.56. The molecule has 1 aliphatic rings. The van der Waals surface area contributed by atoms with Crippen LogP contribution in [-0.2, 0) is 12.4 Å². The van der Waals surface area contributed by atoms with E-state index < -0.39 is 29.4 Å². The highest BCUT2D eigenvalue weighted by Crippen LogP contribution is 2.34. The largest absolute Gasteiger partial charge is 0.416 e. The van der Waals surface area contributed by atoms with Gasteiger partial charge < -0.3 is 14.3 Å². The van der Waals surface area contributed by atoms with Gasteiger partial charge in [0.15, 0.2) is 0 Å².